The molecule has 1 aromatic carbocycles. The third-order valence-electron chi connectivity index (χ3n) is 3.41. The Morgan fingerprint density at radius 1 is 1.19 bits per heavy atom. The van der Waals surface area contributed by atoms with Crippen LogP contribution in [0.3, 0.4) is 0 Å². The van der Waals surface area contributed by atoms with Crippen LogP contribution in [0.25, 0.3) is 22.4 Å². The molecule has 0 atom stereocenters. The summed E-state index contributed by atoms with van der Waals surface area (Å²) in [5.41, 5.74) is 9.84. The molecule has 2 N–H and O–H groups in total. The van der Waals surface area contributed by atoms with E-state index in [2.05, 4.69) is 46.6 Å². The van der Waals surface area contributed by atoms with Gasteiger partial charge in [-0.3, -0.25) is 0 Å². The van der Waals surface area contributed by atoms with Crippen molar-refractivity contribution < 1.29 is 0 Å². The molecule has 0 amide bonds. The highest BCUT2D eigenvalue weighted by molar-refractivity contribution is 5.81. The zero-order valence-corrected chi connectivity index (χ0v) is 12.3. The van der Waals surface area contributed by atoms with Crippen molar-refractivity contribution in [2.24, 2.45) is 11.7 Å². The van der Waals surface area contributed by atoms with Crippen LogP contribution in [0.1, 0.15) is 19.4 Å². The molecule has 108 valence electrons. The molecule has 5 heteroatoms. The van der Waals surface area contributed by atoms with E-state index in [1.54, 1.807) is 12.4 Å². The zero-order valence-electron chi connectivity index (χ0n) is 12.3. The zero-order chi connectivity index (χ0) is 14.8. The highest BCUT2D eigenvalue weighted by Gasteiger charge is 2.14. The molecule has 0 saturated heterocycles. The molecule has 3 aromatic rings. The molecule has 0 saturated carbocycles. The Balaban J connectivity index is 2.22. The lowest BCUT2D eigenvalue weighted by molar-refractivity contribution is 0.536. The normalized spacial score (nSPS) is 11.4. The number of hydrogen-bond acceptors (Lipinski definition) is 4. The predicted octanol–water partition coefficient (Wildman–Crippen LogP) is 2.61. The number of rotatable bonds is 4. The summed E-state index contributed by atoms with van der Waals surface area (Å²) in [5.74, 6) is 1.44. The Morgan fingerprint density at radius 3 is 2.62 bits per heavy atom. The van der Waals surface area contributed by atoms with Gasteiger partial charge in [0, 0.05) is 25.5 Å². The first-order valence-corrected chi connectivity index (χ1v) is 7.13. The van der Waals surface area contributed by atoms with Gasteiger partial charge >= 0.3 is 0 Å². The van der Waals surface area contributed by atoms with Crippen molar-refractivity contribution in [3.63, 3.8) is 0 Å². The average molecular weight is 281 g/mol. The summed E-state index contributed by atoms with van der Waals surface area (Å²) in [7, 11) is 0. The summed E-state index contributed by atoms with van der Waals surface area (Å²) in [6.45, 7) is 5.83. The van der Waals surface area contributed by atoms with E-state index in [-0.39, 0.29) is 0 Å². The Morgan fingerprint density at radius 2 is 1.95 bits per heavy atom. The van der Waals surface area contributed by atoms with Crippen molar-refractivity contribution in [2.45, 2.75) is 26.9 Å². The minimum absolute atomic E-state index is 0.525. The molecule has 0 spiro atoms. The summed E-state index contributed by atoms with van der Waals surface area (Å²) in [6, 6.07) is 6.21. The average Bonchev–Trinajstić information content (AvgIpc) is 2.85. The molecule has 5 nitrogen and oxygen atoms in total. The van der Waals surface area contributed by atoms with E-state index in [0.29, 0.717) is 12.5 Å². The van der Waals surface area contributed by atoms with E-state index >= 15 is 0 Å². The molecule has 0 bridgehead atoms. The van der Waals surface area contributed by atoms with Crippen LogP contribution in [0.2, 0.25) is 0 Å². The monoisotopic (exact) mass is 281 g/mol. The van der Waals surface area contributed by atoms with Crippen molar-refractivity contribution in [1.82, 2.24) is 19.5 Å². The van der Waals surface area contributed by atoms with E-state index in [1.807, 2.05) is 0 Å². The van der Waals surface area contributed by atoms with Gasteiger partial charge in [0.15, 0.2) is 0 Å². The van der Waals surface area contributed by atoms with Gasteiger partial charge in [-0.15, -0.1) is 0 Å². The molecule has 2 heterocycles. The lowest BCUT2D eigenvalue weighted by Crippen LogP contribution is -2.06. The van der Waals surface area contributed by atoms with Crippen LogP contribution < -0.4 is 5.73 Å². The van der Waals surface area contributed by atoms with Crippen molar-refractivity contribution in [3.8, 4) is 11.4 Å². The third kappa shape index (κ3) is 2.64. The largest absolute Gasteiger partial charge is 0.326 e. The quantitative estimate of drug-likeness (QED) is 0.798. The number of nitrogens with zero attached hydrogens (tertiary/aromatic N) is 4. The molecule has 3 rings (SSSR count). The summed E-state index contributed by atoms with van der Waals surface area (Å²) >= 11 is 0. The summed E-state index contributed by atoms with van der Waals surface area (Å²) in [4.78, 5) is 13.0. The second-order valence-corrected chi connectivity index (χ2v) is 5.59. The molecule has 0 aliphatic heterocycles. The van der Waals surface area contributed by atoms with E-state index < -0.39 is 0 Å². The van der Waals surface area contributed by atoms with E-state index in [1.165, 1.54) is 6.33 Å². The van der Waals surface area contributed by atoms with E-state index in [0.717, 1.165) is 34.5 Å². The van der Waals surface area contributed by atoms with Crippen LogP contribution in [0.4, 0.5) is 0 Å². The van der Waals surface area contributed by atoms with Gasteiger partial charge in [-0.2, -0.15) is 0 Å². The first-order chi connectivity index (χ1) is 10.2. The second kappa shape index (κ2) is 5.61. The molecule has 0 aliphatic rings. The minimum atomic E-state index is 0.525. The van der Waals surface area contributed by atoms with Crippen LogP contribution in [0.5, 0.6) is 0 Å². The van der Waals surface area contributed by atoms with Crippen LogP contribution in [0, 0.1) is 5.92 Å². The SMILES string of the molecule is CC(C)Cn1c(-c2cncnc2)nc2cc(CN)ccc21. The Hall–Kier alpha value is -2.27. The fraction of sp³-hybridized carbons (Fsp3) is 0.312. The number of aromatic nitrogens is 4. The van der Waals surface area contributed by atoms with Gasteiger partial charge < -0.3 is 10.3 Å². The molecular weight excluding hydrogens is 262 g/mol. The number of benzene rings is 1. The Labute approximate surface area is 123 Å². The maximum atomic E-state index is 5.72. The lowest BCUT2D eigenvalue weighted by Gasteiger charge is -2.11. The van der Waals surface area contributed by atoms with Crippen LogP contribution in [-0.4, -0.2) is 19.5 Å². The number of hydrogen-bond donors (Lipinski definition) is 1. The summed E-state index contributed by atoms with van der Waals surface area (Å²) in [5, 5.41) is 0. The van der Waals surface area contributed by atoms with Gasteiger partial charge in [-0.05, 0) is 23.6 Å². The number of nitrogens with two attached hydrogens (primary N) is 1. The third-order valence-corrected chi connectivity index (χ3v) is 3.41. The number of fused-ring (bicyclic) bond motifs is 1. The molecule has 0 aliphatic carbocycles. The predicted molar refractivity (Wildman–Crippen MR) is 83.5 cm³/mol. The molecule has 2 aromatic heterocycles. The van der Waals surface area contributed by atoms with Gasteiger partial charge in [0.2, 0.25) is 0 Å². The molecule has 0 fully saturated rings. The molecule has 21 heavy (non-hydrogen) atoms. The lowest BCUT2D eigenvalue weighted by atomic mass is 10.2. The van der Waals surface area contributed by atoms with Crippen molar-refractivity contribution in [1.29, 1.82) is 0 Å². The van der Waals surface area contributed by atoms with Gasteiger partial charge in [-0.25, -0.2) is 15.0 Å². The standard InChI is InChI=1S/C16H19N5/c1-11(2)9-21-15-4-3-12(6-17)5-14(15)20-16(21)13-7-18-10-19-8-13/h3-5,7-8,10-11H,6,9,17H2,1-2H3. The van der Waals surface area contributed by atoms with Gasteiger partial charge in [0.25, 0.3) is 0 Å². The first-order valence-electron chi connectivity index (χ1n) is 7.13. The highest BCUT2D eigenvalue weighted by Crippen LogP contribution is 2.25. The maximum absolute atomic E-state index is 5.72. The van der Waals surface area contributed by atoms with Gasteiger partial charge in [0.05, 0.1) is 16.6 Å². The van der Waals surface area contributed by atoms with Gasteiger partial charge in [0.1, 0.15) is 12.2 Å². The fourth-order valence-corrected chi connectivity index (χ4v) is 2.49. The van der Waals surface area contributed by atoms with Crippen LogP contribution >= 0.6 is 0 Å². The molecule has 0 radical (unpaired) electrons. The van der Waals surface area contributed by atoms with Crippen LogP contribution in [-0.2, 0) is 13.1 Å². The topological polar surface area (TPSA) is 69.6 Å². The number of imidazole rings is 1. The smallest absolute Gasteiger partial charge is 0.144 e. The van der Waals surface area contributed by atoms with Gasteiger partial charge in [-0.1, -0.05) is 19.9 Å². The van der Waals surface area contributed by atoms with Crippen LogP contribution in [0.15, 0.2) is 36.9 Å². The first kappa shape index (κ1) is 13.7. The van der Waals surface area contributed by atoms with Crippen molar-refractivity contribution in [3.05, 3.63) is 42.5 Å². The van der Waals surface area contributed by atoms with Crippen molar-refractivity contribution in [2.75, 3.05) is 0 Å². The fourth-order valence-electron chi connectivity index (χ4n) is 2.49. The second-order valence-electron chi connectivity index (χ2n) is 5.59. The summed E-state index contributed by atoms with van der Waals surface area (Å²) in [6.07, 6.45) is 5.13. The van der Waals surface area contributed by atoms with E-state index in [9.17, 15) is 0 Å². The highest BCUT2D eigenvalue weighted by atomic mass is 15.1. The van der Waals surface area contributed by atoms with Crippen molar-refractivity contribution >= 4 is 11.0 Å². The molecule has 0 unspecified atom stereocenters. The Bertz CT molecular complexity index is 746. The maximum Gasteiger partial charge on any atom is 0.144 e. The minimum Gasteiger partial charge on any atom is -0.326 e. The Kier molecular flexibility index (Phi) is 3.66. The summed E-state index contributed by atoms with van der Waals surface area (Å²) < 4.78 is 2.24. The molecular formula is C16H19N5. The van der Waals surface area contributed by atoms with E-state index in [4.69, 9.17) is 10.7 Å².